The molecular formula is C27H31O7P. The number of rotatable bonds is 9. The first-order chi connectivity index (χ1) is 16.5. The van der Waals surface area contributed by atoms with Crippen molar-refractivity contribution < 1.29 is 33.1 Å². The van der Waals surface area contributed by atoms with Gasteiger partial charge in [-0.1, -0.05) is 49.8 Å². The van der Waals surface area contributed by atoms with Gasteiger partial charge in [0.05, 0.1) is 34.1 Å². The monoisotopic (exact) mass is 498 g/mol. The summed E-state index contributed by atoms with van der Waals surface area (Å²) in [6, 6.07) is 9.57. The molecule has 0 N–H and O–H groups in total. The highest BCUT2D eigenvalue weighted by Crippen LogP contribution is 2.63. The average Bonchev–Trinajstić information content (AvgIpc) is 2.85. The summed E-state index contributed by atoms with van der Waals surface area (Å²) in [6.45, 7) is 5.76. The number of allylic oxidation sites excluding steroid dienone is 4. The van der Waals surface area contributed by atoms with Gasteiger partial charge in [-0.15, -0.1) is 0 Å². The number of methoxy groups -OCH3 is 4. The van der Waals surface area contributed by atoms with Crippen LogP contribution in [0.4, 0.5) is 0 Å². The number of carbonyl (C=O) groups is 2. The van der Waals surface area contributed by atoms with E-state index < -0.39 is 23.8 Å². The quantitative estimate of drug-likeness (QED) is 0.311. The van der Waals surface area contributed by atoms with Crippen LogP contribution < -0.4 is 18.9 Å². The van der Waals surface area contributed by atoms with Crippen LogP contribution in [0, 0.1) is 5.41 Å². The second-order valence-electron chi connectivity index (χ2n) is 8.86. The highest BCUT2D eigenvalue weighted by atomic mass is 31.2. The van der Waals surface area contributed by atoms with E-state index in [1.807, 2.05) is 26.0 Å². The van der Waals surface area contributed by atoms with Gasteiger partial charge in [0.25, 0.3) is 0 Å². The Morgan fingerprint density at radius 1 is 0.771 bits per heavy atom. The lowest BCUT2D eigenvalue weighted by molar-refractivity contribution is 0.103. The Hall–Kier alpha value is -3.31. The predicted molar refractivity (Wildman–Crippen MR) is 136 cm³/mol. The topological polar surface area (TPSA) is 88.1 Å². The van der Waals surface area contributed by atoms with E-state index >= 15 is 4.57 Å². The third-order valence-corrected chi connectivity index (χ3v) is 9.07. The maximum atomic E-state index is 15.0. The van der Waals surface area contributed by atoms with Crippen molar-refractivity contribution in [3.63, 3.8) is 0 Å². The minimum Gasteiger partial charge on any atom is -0.496 e. The molecule has 35 heavy (non-hydrogen) atoms. The second-order valence-corrected chi connectivity index (χ2v) is 11.5. The van der Waals surface area contributed by atoms with Gasteiger partial charge in [0.15, 0.2) is 0 Å². The molecule has 1 aliphatic rings. The third-order valence-electron chi connectivity index (χ3n) is 6.05. The van der Waals surface area contributed by atoms with E-state index in [1.165, 1.54) is 28.4 Å². The normalized spacial score (nSPS) is 16.8. The Bertz CT molecular complexity index is 1140. The SMILES string of the molecule is COc1cccc(OC)c1C(=O)P(=O)(C(=O)c1c(OC)cccc1OC)C1C=CC(C)(C)C=C1C. The Morgan fingerprint density at radius 2 is 1.14 bits per heavy atom. The van der Waals surface area contributed by atoms with E-state index in [-0.39, 0.29) is 39.5 Å². The maximum absolute atomic E-state index is 15.0. The summed E-state index contributed by atoms with van der Waals surface area (Å²) in [5.74, 6) is 0.652. The van der Waals surface area contributed by atoms with Crippen LogP contribution in [0.2, 0.25) is 0 Å². The van der Waals surface area contributed by atoms with E-state index in [0.29, 0.717) is 5.57 Å². The van der Waals surface area contributed by atoms with Gasteiger partial charge in [0.2, 0.25) is 18.2 Å². The van der Waals surface area contributed by atoms with Crippen molar-refractivity contribution in [1.82, 2.24) is 0 Å². The number of carbonyl (C=O) groups excluding carboxylic acids is 2. The van der Waals surface area contributed by atoms with Gasteiger partial charge in [-0.25, -0.2) is 0 Å². The lowest BCUT2D eigenvalue weighted by Gasteiger charge is -2.31. The Kier molecular flexibility index (Phi) is 7.61. The first-order valence-electron chi connectivity index (χ1n) is 11.1. The zero-order valence-corrected chi connectivity index (χ0v) is 22.0. The van der Waals surface area contributed by atoms with Gasteiger partial charge in [-0.2, -0.15) is 0 Å². The van der Waals surface area contributed by atoms with Crippen molar-refractivity contribution in [2.45, 2.75) is 26.4 Å². The predicted octanol–water partition coefficient (Wildman–Crippen LogP) is 5.98. The molecule has 0 saturated heterocycles. The molecule has 0 aliphatic heterocycles. The number of hydrogen-bond donors (Lipinski definition) is 0. The van der Waals surface area contributed by atoms with Gasteiger partial charge in [-0.3, -0.25) is 9.59 Å². The molecule has 2 aromatic rings. The van der Waals surface area contributed by atoms with Crippen molar-refractivity contribution >= 4 is 18.2 Å². The molecule has 1 atom stereocenters. The zero-order valence-electron chi connectivity index (χ0n) is 21.1. The lowest BCUT2D eigenvalue weighted by atomic mass is 9.86. The molecule has 3 rings (SSSR count). The number of ether oxygens (including phenoxy) is 4. The average molecular weight is 499 g/mol. The van der Waals surface area contributed by atoms with Crippen LogP contribution in [0.3, 0.4) is 0 Å². The first-order valence-corrected chi connectivity index (χ1v) is 12.8. The summed E-state index contributed by atoms with van der Waals surface area (Å²) in [5, 5.41) is 0. The van der Waals surface area contributed by atoms with Crippen LogP contribution in [0.25, 0.3) is 0 Å². The van der Waals surface area contributed by atoms with Gasteiger partial charge >= 0.3 is 0 Å². The molecule has 2 aromatic carbocycles. The summed E-state index contributed by atoms with van der Waals surface area (Å²) < 4.78 is 36.7. The molecular weight excluding hydrogens is 467 g/mol. The molecule has 1 aliphatic carbocycles. The molecule has 0 fully saturated rings. The molecule has 0 spiro atoms. The largest absolute Gasteiger partial charge is 0.496 e. The smallest absolute Gasteiger partial charge is 0.237 e. The van der Waals surface area contributed by atoms with Crippen molar-refractivity contribution in [2.75, 3.05) is 28.4 Å². The van der Waals surface area contributed by atoms with Crippen molar-refractivity contribution in [3.05, 3.63) is 71.3 Å². The molecule has 0 amide bonds. The first kappa shape index (κ1) is 26.3. The van der Waals surface area contributed by atoms with Gasteiger partial charge in [0.1, 0.15) is 34.1 Å². The summed E-state index contributed by atoms with van der Waals surface area (Å²) >= 11 is 0. The Morgan fingerprint density at radius 3 is 1.46 bits per heavy atom. The van der Waals surface area contributed by atoms with E-state index in [1.54, 1.807) is 49.4 Å². The maximum Gasteiger partial charge on any atom is 0.237 e. The van der Waals surface area contributed by atoms with Crippen LogP contribution in [-0.4, -0.2) is 45.1 Å². The molecule has 7 nitrogen and oxygen atoms in total. The molecule has 0 saturated carbocycles. The second kappa shape index (κ2) is 10.1. The van der Waals surface area contributed by atoms with Crippen LogP contribution >= 0.6 is 7.14 Å². The van der Waals surface area contributed by atoms with Crippen LogP contribution in [0.15, 0.2) is 60.2 Å². The molecule has 0 bridgehead atoms. The van der Waals surface area contributed by atoms with Crippen LogP contribution in [0.5, 0.6) is 23.0 Å². The minimum atomic E-state index is -4.45. The Balaban J connectivity index is 2.36. The zero-order chi connectivity index (χ0) is 26.0. The van der Waals surface area contributed by atoms with Gasteiger partial charge in [0, 0.05) is 5.41 Å². The highest BCUT2D eigenvalue weighted by Gasteiger charge is 2.51. The van der Waals surface area contributed by atoms with Crippen molar-refractivity contribution in [1.29, 1.82) is 0 Å². The molecule has 0 radical (unpaired) electrons. The van der Waals surface area contributed by atoms with Gasteiger partial charge < -0.3 is 23.5 Å². The number of hydrogen-bond acceptors (Lipinski definition) is 7. The van der Waals surface area contributed by atoms with Crippen molar-refractivity contribution in [3.8, 4) is 23.0 Å². The Labute approximate surface area is 206 Å². The fourth-order valence-electron chi connectivity index (χ4n) is 4.42. The van der Waals surface area contributed by atoms with E-state index in [4.69, 9.17) is 18.9 Å². The van der Waals surface area contributed by atoms with Crippen molar-refractivity contribution in [2.24, 2.45) is 5.41 Å². The molecule has 1 unspecified atom stereocenters. The van der Waals surface area contributed by atoms with Crippen LogP contribution in [-0.2, 0) is 4.57 Å². The van der Waals surface area contributed by atoms with E-state index in [2.05, 4.69) is 0 Å². The van der Waals surface area contributed by atoms with Crippen LogP contribution in [0.1, 0.15) is 41.5 Å². The molecule has 0 heterocycles. The van der Waals surface area contributed by atoms with Gasteiger partial charge in [-0.05, 0) is 31.2 Å². The number of benzene rings is 2. The molecule has 8 heteroatoms. The summed E-state index contributed by atoms with van der Waals surface area (Å²) in [5.41, 5.74) is -2.42. The lowest BCUT2D eigenvalue weighted by Crippen LogP contribution is -2.26. The molecule has 0 aromatic heterocycles. The fraction of sp³-hybridized carbons (Fsp3) is 0.333. The minimum absolute atomic E-state index is 0.0471. The fourth-order valence-corrected chi connectivity index (χ4v) is 7.19. The standard InChI is InChI=1S/C27H31O7P/c1-17-16-27(2,3)15-14-22(17)35(30,25(28)23-18(31-4)10-8-11-19(23)32-5)26(29)24-20(33-6)12-9-13-21(24)34-7/h8-16,22H,1-7H3. The third kappa shape index (κ3) is 4.65. The molecule has 186 valence electrons. The summed E-state index contributed by atoms with van der Waals surface area (Å²) in [6.07, 6.45) is 5.47. The van der Waals surface area contributed by atoms with E-state index in [9.17, 15) is 9.59 Å². The summed E-state index contributed by atoms with van der Waals surface area (Å²) in [7, 11) is 1.15. The summed E-state index contributed by atoms with van der Waals surface area (Å²) in [4.78, 5) is 28.5. The van der Waals surface area contributed by atoms with E-state index in [0.717, 1.165) is 0 Å². The highest BCUT2D eigenvalue weighted by molar-refractivity contribution is 7.96.